The van der Waals surface area contributed by atoms with Gasteiger partial charge in [0, 0.05) is 37.5 Å². The predicted octanol–water partition coefficient (Wildman–Crippen LogP) is 6.34. The highest BCUT2D eigenvalue weighted by Crippen LogP contribution is 2.41. The number of hydrogen-bond acceptors (Lipinski definition) is 4. The molecular formula is C28H30F3N5. The number of rotatable bonds is 6. The number of halogens is 3. The molecule has 5 rings (SSSR count). The zero-order valence-corrected chi connectivity index (χ0v) is 20.6. The summed E-state index contributed by atoms with van der Waals surface area (Å²) in [5.41, 5.74) is 2.35. The molecule has 0 N–H and O–H groups in total. The molecule has 36 heavy (non-hydrogen) atoms. The molecule has 3 heterocycles. The summed E-state index contributed by atoms with van der Waals surface area (Å²) in [6, 6.07) is 17.7. The molecule has 8 heteroatoms. The van der Waals surface area contributed by atoms with Crippen LogP contribution in [0.25, 0.3) is 33.5 Å². The molecule has 2 aromatic carbocycles. The fourth-order valence-corrected chi connectivity index (χ4v) is 4.86. The molecule has 1 aliphatic rings. The molecule has 2 aromatic heterocycles. The van der Waals surface area contributed by atoms with Crippen LogP contribution in [-0.2, 0) is 12.7 Å². The summed E-state index contributed by atoms with van der Waals surface area (Å²) in [6.45, 7) is 3.23. The molecular weight excluding hydrogens is 463 g/mol. The molecule has 0 amide bonds. The van der Waals surface area contributed by atoms with Gasteiger partial charge in [-0.2, -0.15) is 18.3 Å². The van der Waals surface area contributed by atoms with Gasteiger partial charge in [0.2, 0.25) is 0 Å². The van der Waals surface area contributed by atoms with Gasteiger partial charge in [0.25, 0.3) is 0 Å². The number of benzene rings is 2. The first-order valence-corrected chi connectivity index (χ1v) is 12.4. The van der Waals surface area contributed by atoms with Crippen molar-refractivity contribution >= 4 is 16.7 Å². The summed E-state index contributed by atoms with van der Waals surface area (Å²) >= 11 is 0. The van der Waals surface area contributed by atoms with Crippen LogP contribution < -0.4 is 4.90 Å². The maximum Gasteiger partial charge on any atom is 0.417 e. The summed E-state index contributed by atoms with van der Waals surface area (Å²) in [4.78, 5) is 9.07. The molecule has 0 spiro atoms. The Hall–Kier alpha value is -3.39. The Morgan fingerprint density at radius 2 is 1.58 bits per heavy atom. The summed E-state index contributed by atoms with van der Waals surface area (Å²) in [7, 11) is 3.80. The second kappa shape index (κ2) is 9.93. The van der Waals surface area contributed by atoms with Crippen molar-refractivity contribution in [1.82, 2.24) is 19.7 Å². The van der Waals surface area contributed by atoms with E-state index in [1.807, 2.05) is 55.4 Å². The highest BCUT2D eigenvalue weighted by molar-refractivity contribution is 5.95. The minimum absolute atomic E-state index is 0.0554. The minimum atomic E-state index is -4.56. The number of nitrogens with zero attached hydrogens (tertiary/aromatic N) is 5. The lowest BCUT2D eigenvalue weighted by molar-refractivity contribution is -0.136. The average molecular weight is 494 g/mol. The van der Waals surface area contributed by atoms with Gasteiger partial charge in [0.05, 0.1) is 23.2 Å². The van der Waals surface area contributed by atoms with Crippen molar-refractivity contribution in [3.63, 3.8) is 0 Å². The Kier molecular flexibility index (Phi) is 6.71. The van der Waals surface area contributed by atoms with Crippen LogP contribution in [0.3, 0.4) is 0 Å². The molecule has 4 aromatic rings. The van der Waals surface area contributed by atoms with Gasteiger partial charge in [-0.3, -0.25) is 0 Å². The van der Waals surface area contributed by atoms with Crippen LogP contribution in [0.1, 0.15) is 24.8 Å². The molecule has 1 saturated heterocycles. The lowest BCUT2D eigenvalue weighted by Crippen LogP contribution is -2.32. The maximum absolute atomic E-state index is 14.5. The Balaban J connectivity index is 1.70. The van der Waals surface area contributed by atoms with E-state index in [0.717, 1.165) is 38.2 Å². The SMILES string of the molecule is CN(C)c1cccc(-c2cc(C(F)(F)F)c3c(-c4ccccc4)nn(CCN4CCCCC4)c3n2)c1. The van der Waals surface area contributed by atoms with Crippen molar-refractivity contribution in [3.8, 4) is 22.5 Å². The van der Waals surface area contributed by atoms with E-state index < -0.39 is 11.7 Å². The second-order valence-electron chi connectivity index (χ2n) is 9.54. The second-order valence-corrected chi connectivity index (χ2v) is 9.54. The van der Waals surface area contributed by atoms with E-state index in [1.54, 1.807) is 22.9 Å². The van der Waals surface area contributed by atoms with Gasteiger partial charge in [-0.15, -0.1) is 0 Å². The van der Waals surface area contributed by atoms with Gasteiger partial charge in [-0.05, 0) is 44.1 Å². The van der Waals surface area contributed by atoms with E-state index in [9.17, 15) is 13.2 Å². The normalized spacial score (nSPS) is 14.9. The van der Waals surface area contributed by atoms with Crippen molar-refractivity contribution in [2.45, 2.75) is 32.0 Å². The van der Waals surface area contributed by atoms with Gasteiger partial charge in [0.15, 0.2) is 5.65 Å². The summed E-state index contributed by atoms with van der Waals surface area (Å²) in [5, 5.41) is 4.77. The quantitative estimate of drug-likeness (QED) is 0.314. The Morgan fingerprint density at radius 3 is 2.28 bits per heavy atom. The summed E-state index contributed by atoms with van der Waals surface area (Å²) in [5.74, 6) is 0. The molecule has 0 aliphatic carbocycles. The zero-order valence-electron chi connectivity index (χ0n) is 20.6. The third-order valence-corrected chi connectivity index (χ3v) is 6.79. The van der Waals surface area contributed by atoms with Gasteiger partial charge in [-0.25, -0.2) is 9.67 Å². The lowest BCUT2D eigenvalue weighted by Gasteiger charge is -2.26. The van der Waals surface area contributed by atoms with Gasteiger partial charge in [0.1, 0.15) is 5.69 Å². The van der Waals surface area contributed by atoms with Crippen molar-refractivity contribution in [3.05, 3.63) is 66.2 Å². The fraction of sp³-hybridized carbons (Fsp3) is 0.357. The van der Waals surface area contributed by atoms with Crippen LogP contribution in [0.5, 0.6) is 0 Å². The van der Waals surface area contributed by atoms with Crippen LogP contribution in [0.15, 0.2) is 60.7 Å². The van der Waals surface area contributed by atoms with E-state index in [1.165, 1.54) is 12.5 Å². The van der Waals surface area contributed by atoms with E-state index in [0.29, 0.717) is 23.4 Å². The van der Waals surface area contributed by atoms with Crippen molar-refractivity contribution in [2.24, 2.45) is 0 Å². The maximum atomic E-state index is 14.5. The highest BCUT2D eigenvalue weighted by atomic mass is 19.4. The van der Waals surface area contributed by atoms with Gasteiger partial charge < -0.3 is 9.80 Å². The largest absolute Gasteiger partial charge is 0.417 e. The number of hydrogen-bond donors (Lipinski definition) is 0. The fourth-order valence-electron chi connectivity index (χ4n) is 4.86. The Bertz CT molecular complexity index is 1340. The first-order chi connectivity index (χ1) is 17.3. The topological polar surface area (TPSA) is 37.2 Å². The number of aromatic nitrogens is 3. The standard InChI is InChI=1S/C28H30F3N5/c1-34(2)22-13-9-12-21(18-22)24-19-23(28(29,30)31)25-26(20-10-5-3-6-11-20)33-36(27(25)32-24)17-16-35-14-7-4-8-15-35/h3,5-6,9-13,18-19H,4,7-8,14-17H2,1-2H3. The van der Waals surface area contributed by atoms with E-state index >= 15 is 0 Å². The third-order valence-electron chi connectivity index (χ3n) is 6.79. The molecule has 5 nitrogen and oxygen atoms in total. The Labute approximate surface area is 209 Å². The highest BCUT2D eigenvalue weighted by Gasteiger charge is 2.36. The number of anilines is 1. The van der Waals surface area contributed by atoms with Gasteiger partial charge >= 0.3 is 6.18 Å². The molecule has 188 valence electrons. The monoisotopic (exact) mass is 493 g/mol. The van der Waals surface area contributed by atoms with Crippen LogP contribution in [0.2, 0.25) is 0 Å². The minimum Gasteiger partial charge on any atom is -0.378 e. The van der Waals surface area contributed by atoms with Crippen LogP contribution >= 0.6 is 0 Å². The first kappa shape index (κ1) is 24.3. The Morgan fingerprint density at radius 1 is 0.861 bits per heavy atom. The van der Waals surface area contributed by atoms with E-state index in [2.05, 4.69) is 4.90 Å². The van der Waals surface area contributed by atoms with E-state index in [4.69, 9.17) is 10.1 Å². The van der Waals surface area contributed by atoms with Crippen LogP contribution in [0.4, 0.5) is 18.9 Å². The number of likely N-dealkylation sites (tertiary alicyclic amines) is 1. The zero-order chi connectivity index (χ0) is 25.3. The predicted molar refractivity (Wildman–Crippen MR) is 138 cm³/mol. The average Bonchev–Trinajstić information content (AvgIpc) is 3.26. The molecule has 0 radical (unpaired) electrons. The van der Waals surface area contributed by atoms with Gasteiger partial charge in [-0.1, -0.05) is 48.9 Å². The molecule has 0 saturated carbocycles. The smallest absolute Gasteiger partial charge is 0.378 e. The number of pyridine rings is 1. The summed E-state index contributed by atoms with van der Waals surface area (Å²) < 4.78 is 45.2. The van der Waals surface area contributed by atoms with Crippen LogP contribution in [0, 0.1) is 0 Å². The van der Waals surface area contributed by atoms with Crippen molar-refractivity contribution in [2.75, 3.05) is 38.6 Å². The first-order valence-electron chi connectivity index (χ1n) is 12.4. The number of alkyl halides is 3. The number of fused-ring (bicyclic) bond motifs is 1. The third kappa shape index (κ3) is 4.95. The van der Waals surface area contributed by atoms with Crippen molar-refractivity contribution in [1.29, 1.82) is 0 Å². The summed E-state index contributed by atoms with van der Waals surface area (Å²) in [6.07, 6.45) is -1.03. The van der Waals surface area contributed by atoms with Crippen molar-refractivity contribution < 1.29 is 13.2 Å². The molecule has 0 atom stereocenters. The molecule has 0 unspecified atom stereocenters. The lowest BCUT2D eigenvalue weighted by atomic mass is 10.0. The number of piperidine rings is 1. The molecule has 1 aliphatic heterocycles. The molecule has 0 bridgehead atoms. The van der Waals surface area contributed by atoms with E-state index in [-0.39, 0.29) is 16.7 Å². The molecule has 1 fully saturated rings. The van der Waals surface area contributed by atoms with Crippen LogP contribution in [-0.4, -0.2) is 53.4 Å².